The molecule has 0 unspecified atom stereocenters. The highest BCUT2D eigenvalue weighted by molar-refractivity contribution is 4.07. The van der Waals surface area contributed by atoms with Gasteiger partial charge in [-0.1, -0.05) is 22.3 Å². The molecule has 0 atom stereocenters. The third-order valence-electron chi connectivity index (χ3n) is 0. The molecule has 0 aromatic carbocycles. The van der Waals surface area contributed by atoms with Crippen molar-refractivity contribution < 1.29 is 2.85 Å². The molecule has 0 aromatic rings. The zero-order valence-corrected chi connectivity index (χ0v) is 0.816. The van der Waals surface area contributed by atoms with Crippen molar-refractivity contribution in [2.45, 2.75) is 22.3 Å². The van der Waals surface area contributed by atoms with Crippen molar-refractivity contribution in [1.82, 2.24) is 0 Å². The predicted octanol–water partition coefficient (Wildman–Crippen LogP) is 2.20. The van der Waals surface area contributed by atoms with Gasteiger partial charge in [-0.25, -0.2) is 0 Å². The molecule has 0 saturated heterocycles. The molecule has 0 rings (SSSR count). The molecule has 0 aliphatic heterocycles. The van der Waals surface area contributed by atoms with Crippen molar-refractivity contribution in [3.8, 4) is 0 Å². The molecule has 0 aliphatic carbocycles. The highest BCUT2D eigenvalue weighted by Crippen LogP contribution is 0.741. The van der Waals surface area contributed by atoms with Gasteiger partial charge >= 0.3 is 2.85 Å². The maximum Gasteiger partial charge on any atom is 1.00 e. The Hall–Kier alpha value is -0.400. The standard InChI is InChI=1S/3CH4.O2/c;;;1-2/h3*1H4;/p+2. The van der Waals surface area contributed by atoms with E-state index in [1.807, 2.05) is 0 Å². The van der Waals surface area contributed by atoms with Gasteiger partial charge in [-0.15, -0.1) is 0 Å². The van der Waals surface area contributed by atoms with Crippen molar-refractivity contribution in [2.24, 2.45) is 0 Å². The lowest BCUT2D eigenvalue weighted by molar-refractivity contribution is 2.50. The van der Waals surface area contributed by atoms with Crippen LogP contribution in [-0.2, 0) is 0 Å². The van der Waals surface area contributed by atoms with Gasteiger partial charge in [0.05, 0.1) is 0 Å². The Bertz CT molecular complexity index is 10.9. The van der Waals surface area contributed by atoms with Crippen molar-refractivity contribution >= 4 is 0 Å². The normalized spacial score (nSPS) is 0.800. The molecular formula is C3H14O2+2. The summed E-state index contributed by atoms with van der Waals surface area (Å²) in [6.45, 7) is 0. The smallest absolute Gasteiger partial charge is 0.0776 e. The maximum atomic E-state index is 7.00. The van der Waals surface area contributed by atoms with E-state index in [1.165, 1.54) is 0 Å². The molecule has 5 heavy (non-hydrogen) atoms. The van der Waals surface area contributed by atoms with Crippen LogP contribution < -0.4 is 0 Å². The third kappa shape index (κ3) is 57.6. The van der Waals surface area contributed by atoms with Crippen LogP contribution in [0, 0.1) is 9.93 Å². The highest BCUT2D eigenvalue weighted by atomic mass is 16.7. The van der Waals surface area contributed by atoms with Crippen molar-refractivity contribution in [1.29, 1.82) is 0 Å². The SMILES string of the molecule is C.C.C.O=O.[H+].[H+]. The van der Waals surface area contributed by atoms with E-state index in [4.69, 9.17) is 9.93 Å². The first-order chi connectivity index (χ1) is 1.00. The largest absolute Gasteiger partial charge is 1.00 e. The molecule has 0 heterocycles. The molecule has 0 aliphatic rings. The molecule has 0 spiro atoms. The summed E-state index contributed by atoms with van der Waals surface area (Å²) in [6, 6.07) is 0. The summed E-state index contributed by atoms with van der Waals surface area (Å²) in [7, 11) is 0. The second-order valence-corrected chi connectivity index (χ2v) is 0. The lowest BCUT2D eigenvalue weighted by atomic mass is 12.0. The van der Waals surface area contributed by atoms with Crippen LogP contribution in [0.2, 0.25) is 0 Å². The summed E-state index contributed by atoms with van der Waals surface area (Å²) in [5.74, 6) is 0. The summed E-state index contributed by atoms with van der Waals surface area (Å²) < 4.78 is 0. The van der Waals surface area contributed by atoms with Crippen LogP contribution >= 0.6 is 0 Å². The molecule has 0 saturated carbocycles. The topological polar surface area (TPSA) is 34.1 Å². The van der Waals surface area contributed by atoms with Gasteiger partial charge in [0.1, 0.15) is 0 Å². The van der Waals surface area contributed by atoms with E-state index in [1.54, 1.807) is 0 Å². The summed E-state index contributed by atoms with van der Waals surface area (Å²) in [6.07, 6.45) is 0. The third-order valence-corrected chi connectivity index (χ3v) is 0. The minimum Gasteiger partial charge on any atom is -0.0776 e. The fourth-order valence-electron chi connectivity index (χ4n) is 0. The molecule has 0 bridgehead atoms. The van der Waals surface area contributed by atoms with E-state index in [0.29, 0.717) is 0 Å². The maximum absolute atomic E-state index is 7.00. The Morgan fingerprint density at radius 1 is 0.800 bits per heavy atom. The Morgan fingerprint density at radius 2 is 0.800 bits per heavy atom. The van der Waals surface area contributed by atoms with Gasteiger partial charge in [-0.05, 0) is 0 Å². The first kappa shape index (κ1) is 166. The van der Waals surface area contributed by atoms with Crippen LogP contribution in [0.25, 0.3) is 0 Å². The molecule has 0 radical (unpaired) electrons. The van der Waals surface area contributed by atoms with E-state index < -0.39 is 0 Å². The quantitative estimate of drug-likeness (QED) is 0.449. The fourth-order valence-corrected chi connectivity index (χ4v) is 0. The van der Waals surface area contributed by atoms with Crippen molar-refractivity contribution in [2.75, 3.05) is 0 Å². The van der Waals surface area contributed by atoms with Crippen LogP contribution in [0.3, 0.4) is 0 Å². The average Bonchev–Trinajstić information content (AvgIpc) is 1.00. The van der Waals surface area contributed by atoms with Crippen LogP contribution in [-0.4, -0.2) is 0 Å². The number of rotatable bonds is 0. The monoisotopic (exact) mass is 82.1 g/mol. The van der Waals surface area contributed by atoms with Gasteiger partial charge in [0.2, 0.25) is 0 Å². The molecule has 2 nitrogen and oxygen atoms in total. The van der Waals surface area contributed by atoms with Crippen LogP contribution in [0.15, 0.2) is 0 Å². The molecule has 0 amide bonds. The van der Waals surface area contributed by atoms with E-state index in [-0.39, 0.29) is 25.1 Å². The van der Waals surface area contributed by atoms with Crippen molar-refractivity contribution in [3.63, 3.8) is 0 Å². The molecule has 0 N–H and O–H groups in total. The Morgan fingerprint density at radius 3 is 0.800 bits per heavy atom. The van der Waals surface area contributed by atoms with Gasteiger partial charge in [0.25, 0.3) is 0 Å². The highest BCUT2D eigenvalue weighted by Gasteiger charge is 0.707. The molecule has 2 heteroatoms. The van der Waals surface area contributed by atoms with Gasteiger partial charge in [-0.3, -0.25) is 0 Å². The minimum atomic E-state index is 0. The molecular weight excluding hydrogens is 68.0 g/mol. The Labute approximate surface area is 36.4 Å². The summed E-state index contributed by atoms with van der Waals surface area (Å²) in [4.78, 5) is 14.0. The van der Waals surface area contributed by atoms with Crippen molar-refractivity contribution in [3.05, 3.63) is 9.93 Å². The molecule has 0 fully saturated rings. The number of hydrogen-bond donors (Lipinski definition) is 0. The van der Waals surface area contributed by atoms with E-state index in [9.17, 15) is 0 Å². The van der Waals surface area contributed by atoms with Gasteiger partial charge in [0, 0.05) is 9.93 Å². The summed E-state index contributed by atoms with van der Waals surface area (Å²) in [5.41, 5.74) is 0. The van der Waals surface area contributed by atoms with Gasteiger partial charge < -0.3 is 0 Å². The molecule has 0 aromatic heterocycles. The zero-order chi connectivity index (χ0) is 2.00. The lowest BCUT2D eigenvalue weighted by Gasteiger charge is -0.707. The average molecular weight is 82.1 g/mol. The fraction of sp³-hybridized carbons (Fsp3) is 1.00. The van der Waals surface area contributed by atoms with Crippen LogP contribution in [0.1, 0.15) is 25.1 Å². The lowest BCUT2D eigenvalue weighted by Crippen LogP contribution is -0.674. The van der Waals surface area contributed by atoms with E-state index in [2.05, 4.69) is 0 Å². The van der Waals surface area contributed by atoms with E-state index >= 15 is 0 Å². The summed E-state index contributed by atoms with van der Waals surface area (Å²) in [5, 5.41) is 0. The first-order valence-electron chi connectivity index (χ1n) is 0.167. The predicted molar refractivity (Wildman–Crippen MR) is 29.2 cm³/mol. The van der Waals surface area contributed by atoms with Crippen LogP contribution in [0.4, 0.5) is 0 Å². The summed E-state index contributed by atoms with van der Waals surface area (Å²) >= 11 is 0. The van der Waals surface area contributed by atoms with Crippen LogP contribution in [0.5, 0.6) is 0 Å². The molecule has 36 valence electrons. The van der Waals surface area contributed by atoms with Gasteiger partial charge in [0.15, 0.2) is 0 Å². The zero-order valence-electron chi connectivity index (χ0n) is 2.82. The number of hydrogen-bond acceptors (Lipinski definition) is 2. The second-order valence-electron chi connectivity index (χ2n) is 0. The first-order valence-corrected chi connectivity index (χ1v) is 0.167. The Balaban J connectivity index is -0.000000000500. The second kappa shape index (κ2) is 152. The van der Waals surface area contributed by atoms with Gasteiger partial charge in [-0.2, -0.15) is 0 Å². The minimum absolute atomic E-state index is 0. The Kier molecular flexibility index (Phi) is 5040. The van der Waals surface area contributed by atoms with E-state index in [0.717, 1.165) is 0 Å².